The molecule has 4 heteroatoms. The van der Waals surface area contributed by atoms with E-state index in [1.807, 2.05) is 32.2 Å². The van der Waals surface area contributed by atoms with Crippen molar-refractivity contribution in [2.75, 3.05) is 7.11 Å². The molecule has 0 amide bonds. The summed E-state index contributed by atoms with van der Waals surface area (Å²) in [5.41, 5.74) is 8.15. The van der Waals surface area contributed by atoms with E-state index in [9.17, 15) is 0 Å². The van der Waals surface area contributed by atoms with Crippen molar-refractivity contribution >= 4 is 0 Å². The fourth-order valence-electron chi connectivity index (χ4n) is 1.96. The van der Waals surface area contributed by atoms with E-state index in [0.717, 1.165) is 29.2 Å². The van der Waals surface area contributed by atoms with Gasteiger partial charge in [-0.1, -0.05) is 6.07 Å². The lowest BCUT2D eigenvalue weighted by Crippen LogP contribution is -2.08. The third kappa shape index (κ3) is 2.54. The number of aromatic nitrogens is 2. The molecule has 1 atom stereocenters. The maximum Gasteiger partial charge on any atom is 0.123 e. The van der Waals surface area contributed by atoms with Crippen molar-refractivity contribution < 1.29 is 4.74 Å². The summed E-state index contributed by atoms with van der Waals surface area (Å²) in [5.74, 6) is 1.87. The summed E-state index contributed by atoms with van der Waals surface area (Å²) < 4.78 is 7.48. The van der Waals surface area contributed by atoms with Crippen molar-refractivity contribution in [2.24, 2.45) is 5.73 Å². The second kappa shape index (κ2) is 5.23. The molecule has 0 aliphatic rings. The molecule has 2 aromatic rings. The molecule has 0 saturated carbocycles. The summed E-state index contributed by atoms with van der Waals surface area (Å²) >= 11 is 0. The molecule has 0 spiro atoms. The van der Waals surface area contributed by atoms with Crippen molar-refractivity contribution in [3.63, 3.8) is 0 Å². The summed E-state index contributed by atoms with van der Waals surface area (Å²) in [6, 6.07) is 6.11. The highest BCUT2D eigenvalue weighted by atomic mass is 16.5. The number of imidazole rings is 1. The number of ether oxygens (including phenoxy) is 1. The summed E-state index contributed by atoms with van der Waals surface area (Å²) in [6.45, 7) is 4.71. The minimum Gasteiger partial charge on any atom is -0.496 e. The van der Waals surface area contributed by atoms with Gasteiger partial charge in [0.2, 0.25) is 0 Å². The van der Waals surface area contributed by atoms with Crippen LogP contribution < -0.4 is 10.5 Å². The number of nitrogens with two attached hydrogens (primary N) is 1. The maximum absolute atomic E-state index is 5.92. The molecular weight excluding hydrogens is 226 g/mol. The predicted octanol–water partition coefficient (Wildman–Crippen LogP) is 2.27. The van der Waals surface area contributed by atoms with E-state index in [2.05, 4.69) is 15.6 Å². The molecule has 96 valence electrons. The molecule has 1 heterocycles. The average molecular weight is 245 g/mol. The zero-order chi connectivity index (χ0) is 13.1. The van der Waals surface area contributed by atoms with Crippen LogP contribution in [0.4, 0.5) is 0 Å². The lowest BCUT2D eigenvalue weighted by molar-refractivity contribution is 0.408. The Hall–Kier alpha value is -1.81. The highest BCUT2D eigenvalue weighted by molar-refractivity contribution is 5.38. The Morgan fingerprint density at radius 2 is 2.22 bits per heavy atom. The van der Waals surface area contributed by atoms with E-state index in [4.69, 9.17) is 10.5 Å². The molecule has 0 saturated heterocycles. The van der Waals surface area contributed by atoms with Crippen LogP contribution in [0.1, 0.15) is 29.9 Å². The van der Waals surface area contributed by atoms with Crippen LogP contribution in [0.5, 0.6) is 5.75 Å². The van der Waals surface area contributed by atoms with E-state index >= 15 is 0 Å². The molecule has 1 unspecified atom stereocenters. The number of rotatable bonds is 4. The number of methoxy groups -OCH3 is 1. The molecule has 0 radical (unpaired) electrons. The average Bonchev–Trinajstić information content (AvgIpc) is 2.75. The van der Waals surface area contributed by atoms with Gasteiger partial charge < -0.3 is 15.0 Å². The minimum atomic E-state index is 0.0264. The Kier molecular flexibility index (Phi) is 3.67. The number of hydrogen-bond donors (Lipinski definition) is 1. The summed E-state index contributed by atoms with van der Waals surface area (Å²) in [5, 5.41) is 0. The van der Waals surface area contributed by atoms with E-state index in [-0.39, 0.29) is 6.04 Å². The summed E-state index contributed by atoms with van der Waals surface area (Å²) in [7, 11) is 1.69. The Balaban J connectivity index is 2.35. The second-order valence-electron chi connectivity index (χ2n) is 4.46. The standard InChI is InChI=1S/C14H19N3O/c1-10(15)12-4-5-14(18-3)13(8-12)9-17-7-6-16-11(17)2/h4-8,10H,9,15H2,1-3H3. The van der Waals surface area contributed by atoms with Crippen molar-refractivity contribution in [3.8, 4) is 5.75 Å². The van der Waals surface area contributed by atoms with Gasteiger partial charge in [-0.25, -0.2) is 4.98 Å². The first kappa shape index (κ1) is 12.6. The Morgan fingerprint density at radius 3 is 2.78 bits per heavy atom. The first-order chi connectivity index (χ1) is 8.61. The third-order valence-corrected chi connectivity index (χ3v) is 3.09. The van der Waals surface area contributed by atoms with Crippen molar-refractivity contribution in [1.82, 2.24) is 9.55 Å². The van der Waals surface area contributed by atoms with Crippen LogP contribution in [-0.2, 0) is 6.54 Å². The van der Waals surface area contributed by atoms with E-state index in [0.29, 0.717) is 0 Å². The Labute approximate surface area is 107 Å². The number of hydrogen-bond acceptors (Lipinski definition) is 3. The van der Waals surface area contributed by atoms with Gasteiger partial charge in [-0.05, 0) is 31.5 Å². The first-order valence-electron chi connectivity index (χ1n) is 6.02. The highest BCUT2D eigenvalue weighted by Crippen LogP contribution is 2.23. The molecule has 0 fully saturated rings. The highest BCUT2D eigenvalue weighted by Gasteiger charge is 2.08. The molecule has 2 rings (SSSR count). The molecule has 0 bridgehead atoms. The zero-order valence-electron chi connectivity index (χ0n) is 11.1. The lowest BCUT2D eigenvalue weighted by Gasteiger charge is -2.14. The predicted molar refractivity (Wildman–Crippen MR) is 71.7 cm³/mol. The van der Waals surface area contributed by atoms with Crippen molar-refractivity contribution in [3.05, 3.63) is 47.5 Å². The van der Waals surface area contributed by atoms with Gasteiger partial charge in [0.15, 0.2) is 0 Å². The molecular formula is C14H19N3O. The molecule has 1 aromatic carbocycles. The largest absolute Gasteiger partial charge is 0.496 e. The van der Waals surface area contributed by atoms with Crippen LogP contribution in [-0.4, -0.2) is 16.7 Å². The van der Waals surface area contributed by atoms with E-state index in [1.165, 1.54) is 0 Å². The zero-order valence-corrected chi connectivity index (χ0v) is 11.1. The maximum atomic E-state index is 5.92. The van der Waals surface area contributed by atoms with Crippen LogP contribution in [0.15, 0.2) is 30.6 Å². The molecule has 4 nitrogen and oxygen atoms in total. The van der Waals surface area contributed by atoms with Crippen molar-refractivity contribution in [1.29, 1.82) is 0 Å². The van der Waals surface area contributed by atoms with Gasteiger partial charge in [0, 0.05) is 24.0 Å². The van der Waals surface area contributed by atoms with Gasteiger partial charge in [-0.3, -0.25) is 0 Å². The van der Waals surface area contributed by atoms with Gasteiger partial charge in [-0.15, -0.1) is 0 Å². The van der Waals surface area contributed by atoms with Crippen molar-refractivity contribution in [2.45, 2.75) is 26.4 Å². The molecule has 2 N–H and O–H groups in total. The third-order valence-electron chi connectivity index (χ3n) is 3.09. The van der Waals surface area contributed by atoms with Crippen LogP contribution in [0.25, 0.3) is 0 Å². The van der Waals surface area contributed by atoms with E-state index < -0.39 is 0 Å². The normalized spacial score (nSPS) is 12.4. The Morgan fingerprint density at radius 1 is 1.44 bits per heavy atom. The SMILES string of the molecule is COc1ccc(C(C)N)cc1Cn1ccnc1C. The smallest absolute Gasteiger partial charge is 0.123 e. The topological polar surface area (TPSA) is 53.1 Å². The van der Waals surface area contributed by atoms with Gasteiger partial charge in [0.25, 0.3) is 0 Å². The van der Waals surface area contributed by atoms with Gasteiger partial charge in [0.05, 0.1) is 13.7 Å². The fourth-order valence-corrected chi connectivity index (χ4v) is 1.96. The van der Waals surface area contributed by atoms with Crippen LogP contribution in [0, 0.1) is 6.92 Å². The quantitative estimate of drug-likeness (QED) is 0.899. The Bertz CT molecular complexity index is 532. The number of benzene rings is 1. The molecule has 0 aliphatic heterocycles. The van der Waals surface area contributed by atoms with Crippen LogP contribution in [0.2, 0.25) is 0 Å². The van der Waals surface area contributed by atoms with Crippen LogP contribution >= 0.6 is 0 Å². The molecule has 0 aliphatic carbocycles. The second-order valence-corrected chi connectivity index (χ2v) is 4.46. The summed E-state index contributed by atoms with van der Waals surface area (Å²) in [4.78, 5) is 4.22. The molecule has 1 aromatic heterocycles. The monoisotopic (exact) mass is 245 g/mol. The molecule has 18 heavy (non-hydrogen) atoms. The number of nitrogens with zero attached hydrogens (tertiary/aromatic N) is 2. The lowest BCUT2D eigenvalue weighted by atomic mass is 10.0. The van der Waals surface area contributed by atoms with Gasteiger partial charge >= 0.3 is 0 Å². The summed E-state index contributed by atoms with van der Waals surface area (Å²) in [6.07, 6.45) is 3.77. The first-order valence-corrected chi connectivity index (χ1v) is 6.02. The van der Waals surface area contributed by atoms with Crippen LogP contribution in [0.3, 0.4) is 0 Å². The van der Waals surface area contributed by atoms with Gasteiger partial charge in [-0.2, -0.15) is 0 Å². The number of aryl methyl sites for hydroxylation is 1. The minimum absolute atomic E-state index is 0.0264. The van der Waals surface area contributed by atoms with E-state index in [1.54, 1.807) is 13.3 Å². The van der Waals surface area contributed by atoms with Gasteiger partial charge in [0.1, 0.15) is 11.6 Å². The fraction of sp³-hybridized carbons (Fsp3) is 0.357.